The van der Waals surface area contributed by atoms with Crippen molar-refractivity contribution in [3.63, 3.8) is 0 Å². The summed E-state index contributed by atoms with van der Waals surface area (Å²) < 4.78 is 1.72. The van der Waals surface area contributed by atoms with Crippen LogP contribution in [0.5, 0.6) is 0 Å². The lowest BCUT2D eigenvalue weighted by atomic mass is 9.96. The SMILES string of the molecule is CN=C(NCc1ccc(-n2cncn2)cc1)N1CC(=O)N(C(C)C)C(C)(C)C1.I. The predicted octanol–water partition coefficient (Wildman–Crippen LogP) is 2.29. The van der Waals surface area contributed by atoms with Gasteiger partial charge in [-0.25, -0.2) is 9.67 Å². The molecule has 2 aromatic rings. The number of rotatable bonds is 4. The van der Waals surface area contributed by atoms with E-state index in [1.165, 1.54) is 6.33 Å². The molecule has 1 N–H and O–H groups in total. The molecule has 0 saturated carbocycles. The van der Waals surface area contributed by atoms with Crippen LogP contribution in [-0.4, -0.2) is 68.1 Å². The van der Waals surface area contributed by atoms with Crippen molar-refractivity contribution in [2.24, 2.45) is 4.99 Å². The Labute approximate surface area is 189 Å². The van der Waals surface area contributed by atoms with Crippen molar-refractivity contribution in [3.8, 4) is 5.69 Å². The number of aliphatic imine (C=N–C) groups is 1. The largest absolute Gasteiger partial charge is 0.352 e. The molecule has 0 spiro atoms. The molecule has 1 aliphatic heterocycles. The number of carbonyl (C=O) groups excluding carboxylic acids is 1. The fourth-order valence-electron chi connectivity index (χ4n) is 3.93. The van der Waals surface area contributed by atoms with Crippen LogP contribution in [0.4, 0.5) is 0 Å². The summed E-state index contributed by atoms with van der Waals surface area (Å²) in [4.78, 5) is 25.1. The first-order chi connectivity index (χ1) is 13.3. The Morgan fingerprint density at radius 2 is 1.97 bits per heavy atom. The number of hydrogen-bond donors (Lipinski definition) is 1. The van der Waals surface area contributed by atoms with Crippen molar-refractivity contribution >= 4 is 35.8 Å². The van der Waals surface area contributed by atoms with E-state index in [1.54, 1.807) is 18.1 Å². The Hall–Kier alpha value is -2.17. The number of nitrogens with one attached hydrogen (secondary N) is 1. The Kier molecular flexibility index (Phi) is 7.61. The maximum atomic E-state index is 12.7. The predicted molar refractivity (Wildman–Crippen MR) is 125 cm³/mol. The first-order valence-corrected chi connectivity index (χ1v) is 9.53. The van der Waals surface area contributed by atoms with Crippen LogP contribution in [0.25, 0.3) is 5.69 Å². The summed E-state index contributed by atoms with van der Waals surface area (Å²) in [5.74, 6) is 0.872. The van der Waals surface area contributed by atoms with Crippen LogP contribution < -0.4 is 5.32 Å². The average molecular weight is 511 g/mol. The summed E-state index contributed by atoms with van der Waals surface area (Å²) >= 11 is 0. The summed E-state index contributed by atoms with van der Waals surface area (Å²) in [5, 5.41) is 7.51. The second-order valence-corrected chi connectivity index (χ2v) is 7.93. The van der Waals surface area contributed by atoms with Gasteiger partial charge >= 0.3 is 0 Å². The van der Waals surface area contributed by atoms with Gasteiger partial charge in [-0.3, -0.25) is 9.79 Å². The molecule has 0 bridgehead atoms. The lowest BCUT2D eigenvalue weighted by molar-refractivity contribution is -0.145. The van der Waals surface area contributed by atoms with E-state index < -0.39 is 0 Å². The fourth-order valence-corrected chi connectivity index (χ4v) is 3.93. The molecule has 0 aliphatic carbocycles. The second kappa shape index (κ2) is 9.55. The number of nitrogens with zero attached hydrogens (tertiary/aromatic N) is 6. The number of hydrogen-bond acceptors (Lipinski definition) is 4. The molecule has 158 valence electrons. The minimum Gasteiger partial charge on any atom is -0.352 e. The average Bonchev–Trinajstić information content (AvgIpc) is 3.15. The van der Waals surface area contributed by atoms with Crippen LogP contribution in [0.1, 0.15) is 33.3 Å². The molecule has 8 nitrogen and oxygen atoms in total. The molecule has 1 fully saturated rings. The van der Waals surface area contributed by atoms with E-state index in [9.17, 15) is 4.79 Å². The smallest absolute Gasteiger partial charge is 0.242 e. The van der Waals surface area contributed by atoms with E-state index in [2.05, 4.69) is 48.1 Å². The van der Waals surface area contributed by atoms with Gasteiger partial charge in [-0.15, -0.1) is 24.0 Å². The fraction of sp³-hybridized carbons (Fsp3) is 0.500. The molecule has 0 atom stereocenters. The molecule has 0 unspecified atom stereocenters. The topological polar surface area (TPSA) is 78.6 Å². The van der Waals surface area contributed by atoms with Crippen LogP contribution >= 0.6 is 24.0 Å². The molecule has 9 heteroatoms. The third kappa shape index (κ3) is 5.26. The molecule has 1 aliphatic rings. The normalized spacial score (nSPS) is 16.8. The Bertz CT molecular complexity index is 831. The summed E-state index contributed by atoms with van der Waals surface area (Å²) in [7, 11) is 1.75. The van der Waals surface area contributed by atoms with Gasteiger partial charge in [0, 0.05) is 26.2 Å². The second-order valence-electron chi connectivity index (χ2n) is 7.93. The molecular formula is C20H30IN7O. The zero-order valence-electron chi connectivity index (χ0n) is 17.7. The zero-order valence-corrected chi connectivity index (χ0v) is 20.0. The van der Waals surface area contributed by atoms with Crippen LogP contribution in [0.2, 0.25) is 0 Å². The van der Waals surface area contributed by atoms with Gasteiger partial charge in [0.1, 0.15) is 12.7 Å². The van der Waals surface area contributed by atoms with Crippen molar-refractivity contribution in [1.29, 1.82) is 0 Å². The highest BCUT2D eigenvalue weighted by atomic mass is 127. The molecule has 1 saturated heterocycles. The minimum atomic E-state index is -0.249. The first-order valence-electron chi connectivity index (χ1n) is 9.53. The summed E-state index contributed by atoms with van der Waals surface area (Å²) in [6, 6.07) is 8.28. The van der Waals surface area contributed by atoms with Gasteiger partial charge < -0.3 is 15.1 Å². The molecular weight excluding hydrogens is 481 g/mol. The standard InChI is InChI=1S/C20H29N7O.HI/c1-15(2)27-18(28)11-25(12-20(27,3)4)19(21-5)23-10-16-6-8-17(9-7-16)26-14-22-13-24-26;/h6-9,13-15H,10-12H2,1-5H3,(H,21,23);1H. The Morgan fingerprint density at radius 3 is 2.48 bits per heavy atom. The Balaban J connectivity index is 0.00000300. The number of carbonyl (C=O) groups is 1. The third-order valence-electron chi connectivity index (χ3n) is 4.92. The molecule has 3 rings (SSSR count). The number of aromatic nitrogens is 3. The van der Waals surface area contributed by atoms with Gasteiger partial charge in [-0.2, -0.15) is 5.10 Å². The van der Waals surface area contributed by atoms with E-state index >= 15 is 0 Å². The van der Waals surface area contributed by atoms with Gasteiger partial charge in [0.05, 0.1) is 17.8 Å². The van der Waals surface area contributed by atoms with Crippen LogP contribution in [0, 0.1) is 0 Å². The first kappa shape index (κ1) is 23.1. The van der Waals surface area contributed by atoms with Crippen LogP contribution in [0.3, 0.4) is 0 Å². The van der Waals surface area contributed by atoms with Gasteiger partial charge in [0.25, 0.3) is 0 Å². The highest BCUT2D eigenvalue weighted by molar-refractivity contribution is 14.0. The van der Waals surface area contributed by atoms with Gasteiger partial charge in [0.2, 0.25) is 5.91 Å². The lowest BCUT2D eigenvalue weighted by Crippen LogP contribution is -2.66. The highest BCUT2D eigenvalue weighted by Gasteiger charge is 2.40. The van der Waals surface area contributed by atoms with E-state index in [4.69, 9.17) is 0 Å². The maximum Gasteiger partial charge on any atom is 0.242 e. The molecule has 1 aromatic heterocycles. The highest BCUT2D eigenvalue weighted by Crippen LogP contribution is 2.24. The van der Waals surface area contributed by atoms with Crippen molar-refractivity contribution in [1.82, 2.24) is 29.9 Å². The Morgan fingerprint density at radius 1 is 1.28 bits per heavy atom. The molecule has 2 heterocycles. The maximum absolute atomic E-state index is 12.7. The number of guanidine groups is 1. The van der Waals surface area contributed by atoms with E-state index in [0.717, 1.165) is 23.8 Å². The molecule has 29 heavy (non-hydrogen) atoms. The van der Waals surface area contributed by atoms with E-state index in [0.29, 0.717) is 13.1 Å². The van der Waals surface area contributed by atoms with E-state index in [1.807, 2.05) is 34.1 Å². The minimum absolute atomic E-state index is 0. The lowest BCUT2D eigenvalue weighted by Gasteiger charge is -2.49. The van der Waals surface area contributed by atoms with Gasteiger partial charge in [0.15, 0.2) is 5.96 Å². The van der Waals surface area contributed by atoms with Crippen LogP contribution in [-0.2, 0) is 11.3 Å². The summed E-state index contributed by atoms with van der Waals surface area (Å²) in [6.07, 6.45) is 3.19. The summed E-state index contributed by atoms with van der Waals surface area (Å²) in [6.45, 7) is 10.0. The molecule has 1 aromatic carbocycles. The quantitative estimate of drug-likeness (QED) is 0.387. The van der Waals surface area contributed by atoms with Crippen LogP contribution in [0.15, 0.2) is 41.9 Å². The van der Waals surface area contributed by atoms with Gasteiger partial charge in [-0.1, -0.05) is 12.1 Å². The summed E-state index contributed by atoms with van der Waals surface area (Å²) in [5.41, 5.74) is 1.83. The molecule has 0 radical (unpaired) electrons. The van der Waals surface area contributed by atoms with Crippen molar-refractivity contribution in [2.75, 3.05) is 20.1 Å². The van der Waals surface area contributed by atoms with Crippen molar-refractivity contribution in [3.05, 3.63) is 42.5 Å². The number of halogens is 1. The number of piperazine rings is 1. The molecule has 1 amide bonds. The zero-order chi connectivity index (χ0) is 20.3. The monoisotopic (exact) mass is 511 g/mol. The third-order valence-corrected chi connectivity index (χ3v) is 4.92. The number of amides is 1. The van der Waals surface area contributed by atoms with E-state index in [-0.39, 0.29) is 41.5 Å². The number of benzene rings is 1. The van der Waals surface area contributed by atoms with Crippen molar-refractivity contribution < 1.29 is 4.79 Å². The van der Waals surface area contributed by atoms with Crippen molar-refractivity contribution in [2.45, 2.75) is 45.8 Å². The van der Waals surface area contributed by atoms with Gasteiger partial charge in [-0.05, 0) is 45.4 Å².